The van der Waals surface area contributed by atoms with Crippen LogP contribution in [0.5, 0.6) is 0 Å². The van der Waals surface area contributed by atoms with Gasteiger partial charge >= 0.3 is 29.8 Å². The number of aliphatic hydroxyl groups is 2. The van der Waals surface area contributed by atoms with Gasteiger partial charge in [0.05, 0.1) is 78.0 Å². The van der Waals surface area contributed by atoms with Gasteiger partial charge in [-0.25, -0.2) is 4.79 Å². The Labute approximate surface area is 612 Å². The Balaban J connectivity index is 1.19. The molecule has 4 aliphatic heterocycles. The van der Waals surface area contributed by atoms with Gasteiger partial charge in [-0.05, 0) is 40.3 Å². The predicted octanol–water partition coefficient (Wildman–Crippen LogP) is 5.58. The lowest BCUT2D eigenvalue weighted by atomic mass is 9.87. The number of azide groups is 1. The molecule has 572 valence electrons. The van der Waals surface area contributed by atoms with E-state index in [0.29, 0.717) is 5.56 Å². The molecule has 31 heteroatoms. The van der Waals surface area contributed by atoms with E-state index in [1.54, 1.807) is 37.3 Å². The summed E-state index contributed by atoms with van der Waals surface area (Å²) in [5.74, 6) is -10.0. The molecule has 5 aromatic carbocycles. The minimum Gasteiger partial charge on any atom is -0.465 e. The van der Waals surface area contributed by atoms with Crippen molar-refractivity contribution in [3.05, 3.63) is 190 Å². The number of carbonyl (C=O) groups is 7. The topological polar surface area (TPSA) is 390 Å². The number of ether oxygens (including phenoxy) is 17. The molecule has 4 heterocycles. The van der Waals surface area contributed by atoms with Crippen LogP contribution >= 0.6 is 0 Å². The smallest absolute Gasteiger partial charge is 0.366 e. The molecule has 4 aliphatic rings. The highest BCUT2D eigenvalue weighted by Gasteiger charge is 2.63. The number of benzene rings is 5. The molecule has 106 heavy (non-hydrogen) atoms. The van der Waals surface area contributed by atoms with E-state index in [0.717, 1.165) is 64.0 Å². The molecular weight excluding hydrogens is 1390 g/mol. The van der Waals surface area contributed by atoms with Crippen LogP contribution in [0.2, 0.25) is 0 Å². The second-order valence-electron chi connectivity index (χ2n) is 25.7. The molecule has 9 rings (SSSR count). The molecule has 0 spiro atoms. The number of esters is 5. The Hall–Kier alpha value is -8.86. The van der Waals surface area contributed by atoms with Gasteiger partial charge in [-0.3, -0.25) is 28.8 Å². The largest absolute Gasteiger partial charge is 0.465 e. The molecule has 4 fully saturated rings. The van der Waals surface area contributed by atoms with Crippen LogP contribution in [0.4, 0.5) is 0 Å². The van der Waals surface area contributed by atoms with E-state index in [9.17, 15) is 44.5 Å². The maximum atomic E-state index is 15.0. The van der Waals surface area contributed by atoms with Gasteiger partial charge in [0.1, 0.15) is 79.9 Å². The molecule has 0 aromatic heterocycles. The van der Waals surface area contributed by atoms with Crippen molar-refractivity contribution in [1.29, 1.82) is 0 Å². The summed E-state index contributed by atoms with van der Waals surface area (Å²) in [5.41, 5.74) is 14.1. The van der Waals surface area contributed by atoms with Crippen molar-refractivity contribution in [1.82, 2.24) is 10.6 Å². The molecule has 21 atom stereocenters. The molecule has 0 unspecified atom stereocenters. The summed E-state index contributed by atoms with van der Waals surface area (Å²) in [4.78, 5) is 97.0. The van der Waals surface area contributed by atoms with Crippen molar-refractivity contribution < 1.29 is 124 Å². The Morgan fingerprint density at radius 2 is 1.03 bits per heavy atom. The summed E-state index contributed by atoms with van der Waals surface area (Å²) >= 11 is 0. The highest BCUT2D eigenvalue weighted by atomic mass is 16.8. The Kier molecular flexibility index (Phi) is 30.4. The normalized spacial score (nSPS) is 29.1. The molecule has 0 bridgehead atoms. The second-order valence-corrected chi connectivity index (χ2v) is 25.7. The first-order valence-electron chi connectivity index (χ1n) is 34.5. The van der Waals surface area contributed by atoms with Crippen LogP contribution < -0.4 is 10.6 Å². The maximum absolute atomic E-state index is 15.0. The van der Waals surface area contributed by atoms with E-state index in [1.165, 1.54) is 6.92 Å². The molecular formula is C75H91N5O26. The van der Waals surface area contributed by atoms with Gasteiger partial charge in [0.15, 0.2) is 31.0 Å². The quantitative estimate of drug-likeness (QED) is 0.0128. The number of rotatable bonds is 34. The standard InChI is InChI=1S/C75H91N5O26/c1-43-63(94-37-52-28-18-11-19-29-52)69(95-38-53-30-20-12-21-31-53)70(96-39-54-32-22-13-23-33-54)73(97-43)103-64-57(41-92-36-51-26-16-10-17-27-51)101-71(79-80-76)60(78-45(3)82)66(64)104-72-62(88)68(61(87)56(102-72)40-91-35-50-24-14-9-15-25-50)106-75(74(89)90-8)34-55(98-47(5)84)59(77-44(2)81)67(105-75)65(100-49(7)86)58(99-48(6)85)42-93-46(4)83/h9-33,43,55-73,87-88H,34-42H2,1-8H3,(H,77,81)(H,78,82)/t43-,55-,56+,57+,58+,59+,60+,61-,62+,63+,64+,65+,66+,67+,68-,69+,70-,71+,72-,73-,75+/m0/s1. The SMILES string of the molecule is COC(=O)[C@]1(O[C@H]2[C@@H](O)[C@@H](COCc3ccccc3)O[C@@H](O[C@@H]3[C@@H](NC(C)=O)[C@H](N=[N+]=[N-])O[C@H](COCc4ccccc4)[C@H]3O[C@@H]3O[C@@H](C)[C@@H](OCc4ccccc4)[C@@H](OCc4ccccc4)[C@@H]3OCc3ccccc3)[C@@H]2O)C[C@H](OC(C)=O)[C@@H](NC(C)=O)[C@H]([C@H](OC(C)=O)[C@@H](COC(C)=O)OC(C)=O)O1. The number of hydrogen-bond donors (Lipinski definition) is 4. The summed E-state index contributed by atoms with van der Waals surface area (Å²) < 4.78 is 109. The van der Waals surface area contributed by atoms with Crippen LogP contribution in [0.25, 0.3) is 10.4 Å². The minimum absolute atomic E-state index is 0.00511. The summed E-state index contributed by atoms with van der Waals surface area (Å²) in [6.07, 6.45) is -31.0. The minimum atomic E-state index is -3.07. The number of amides is 2. The number of methoxy groups -OCH3 is 1. The van der Waals surface area contributed by atoms with Gasteiger partial charge in [-0.15, -0.1) is 0 Å². The van der Waals surface area contributed by atoms with Crippen molar-refractivity contribution in [2.24, 2.45) is 5.11 Å². The van der Waals surface area contributed by atoms with E-state index in [-0.39, 0.29) is 39.6 Å². The highest BCUT2D eigenvalue weighted by Crippen LogP contribution is 2.42. The Bertz CT molecular complexity index is 3680. The third-order valence-corrected chi connectivity index (χ3v) is 17.6. The van der Waals surface area contributed by atoms with Crippen LogP contribution in [0, 0.1) is 0 Å². The molecule has 4 N–H and O–H groups in total. The van der Waals surface area contributed by atoms with Crippen LogP contribution in [-0.2, 0) is 147 Å². The summed E-state index contributed by atoms with van der Waals surface area (Å²) in [6, 6.07) is 42.9. The zero-order valence-electron chi connectivity index (χ0n) is 59.9. The third-order valence-electron chi connectivity index (χ3n) is 17.6. The average molecular weight is 1480 g/mol. The summed E-state index contributed by atoms with van der Waals surface area (Å²) in [6.45, 7) is 6.30. The lowest BCUT2D eigenvalue weighted by Gasteiger charge is -2.52. The van der Waals surface area contributed by atoms with Crippen molar-refractivity contribution in [2.45, 2.75) is 216 Å². The molecule has 5 aromatic rings. The zero-order valence-corrected chi connectivity index (χ0v) is 59.9. The summed E-state index contributed by atoms with van der Waals surface area (Å²) in [7, 11) is 0.915. The maximum Gasteiger partial charge on any atom is 0.366 e. The number of carbonyl (C=O) groups excluding carboxylic acids is 7. The predicted molar refractivity (Wildman–Crippen MR) is 367 cm³/mol. The highest BCUT2D eigenvalue weighted by molar-refractivity contribution is 5.79. The van der Waals surface area contributed by atoms with Crippen LogP contribution in [0.1, 0.15) is 82.7 Å². The second kappa shape index (κ2) is 39.7. The zero-order chi connectivity index (χ0) is 75.9. The Morgan fingerprint density at radius 3 is 1.51 bits per heavy atom. The fraction of sp³-hybridized carbons (Fsp3) is 0.507. The number of nitrogens with zero attached hydrogens (tertiary/aromatic N) is 3. The van der Waals surface area contributed by atoms with E-state index in [2.05, 4.69) is 20.7 Å². The van der Waals surface area contributed by atoms with Crippen molar-refractivity contribution in [2.75, 3.05) is 26.9 Å². The molecule has 4 saturated heterocycles. The van der Waals surface area contributed by atoms with Gasteiger partial charge < -0.3 is 101 Å². The molecule has 0 saturated carbocycles. The van der Waals surface area contributed by atoms with E-state index in [1.807, 2.05) is 121 Å². The lowest BCUT2D eigenvalue weighted by Crippen LogP contribution is -2.72. The van der Waals surface area contributed by atoms with E-state index in [4.69, 9.17) is 80.5 Å². The first-order valence-corrected chi connectivity index (χ1v) is 34.5. The average Bonchev–Trinajstić information content (AvgIpc) is 0.748. The van der Waals surface area contributed by atoms with Crippen LogP contribution in [0.15, 0.2) is 157 Å². The fourth-order valence-corrected chi connectivity index (χ4v) is 13.0. The molecule has 31 nitrogen and oxygen atoms in total. The lowest BCUT2D eigenvalue weighted by molar-refractivity contribution is -0.387. The third kappa shape index (κ3) is 22.6. The van der Waals surface area contributed by atoms with E-state index >= 15 is 4.79 Å². The number of nitrogens with one attached hydrogen (secondary N) is 2. The van der Waals surface area contributed by atoms with Gasteiger partial charge in [-0.1, -0.05) is 157 Å². The molecule has 2 amide bonds. The number of hydrogen-bond acceptors (Lipinski definition) is 27. The van der Waals surface area contributed by atoms with Crippen molar-refractivity contribution in [3.63, 3.8) is 0 Å². The molecule has 0 aliphatic carbocycles. The number of aliphatic hydroxyl groups excluding tert-OH is 2. The van der Waals surface area contributed by atoms with Gasteiger partial charge in [0, 0.05) is 46.5 Å². The van der Waals surface area contributed by atoms with Crippen LogP contribution in [-0.4, -0.2) is 207 Å². The van der Waals surface area contributed by atoms with Crippen molar-refractivity contribution in [3.8, 4) is 0 Å². The van der Waals surface area contributed by atoms with Gasteiger partial charge in [0.2, 0.25) is 11.8 Å². The van der Waals surface area contributed by atoms with Crippen LogP contribution in [0.3, 0.4) is 0 Å². The fourth-order valence-electron chi connectivity index (χ4n) is 13.0. The Morgan fingerprint density at radius 1 is 0.547 bits per heavy atom. The first kappa shape index (κ1) is 81.2. The van der Waals surface area contributed by atoms with Gasteiger partial charge in [0.25, 0.3) is 5.79 Å². The monoisotopic (exact) mass is 1480 g/mol. The van der Waals surface area contributed by atoms with Crippen molar-refractivity contribution >= 4 is 41.7 Å². The molecule has 0 radical (unpaired) electrons. The first-order chi connectivity index (χ1) is 51.0. The summed E-state index contributed by atoms with van der Waals surface area (Å²) in [5, 5.41) is 35.5. The van der Waals surface area contributed by atoms with E-state index < -0.39 is 190 Å². The van der Waals surface area contributed by atoms with Gasteiger partial charge in [-0.2, -0.15) is 0 Å².